The van der Waals surface area contributed by atoms with Gasteiger partial charge < -0.3 is 18.6 Å². The van der Waals surface area contributed by atoms with Crippen LogP contribution in [-0.4, -0.2) is 36.8 Å². The van der Waals surface area contributed by atoms with Gasteiger partial charge in [0.2, 0.25) is 5.89 Å². The summed E-state index contributed by atoms with van der Waals surface area (Å²) in [5, 5.41) is 8.64. The van der Waals surface area contributed by atoms with Crippen molar-refractivity contribution in [1.29, 1.82) is 0 Å². The molecule has 1 heterocycles. The number of thioether (sulfide) groups is 1. The Labute approximate surface area is 150 Å². The summed E-state index contributed by atoms with van der Waals surface area (Å²) >= 11 is 1.45. The molecule has 0 spiro atoms. The van der Waals surface area contributed by atoms with Crippen molar-refractivity contribution >= 4 is 11.8 Å². The summed E-state index contributed by atoms with van der Waals surface area (Å²) < 4.78 is 21.8. The number of rotatable bonds is 8. The van der Waals surface area contributed by atoms with Gasteiger partial charge in [-0.1, -0.05) is 30.0 Å². The lowest BCUT2D eigenvalue weighted by Gasteiger charge is -2.05. The standard InChI is InChI=1S/C18H18N2O4S/c1-21-15-10-13(11-16(12-15)22-2)17-19-20-18(24-17)25-9-8-23-14-6-4-3-5-7-14/h3-7,10-12H,8-9H2,1-2H3. The van der Waals surface area contributed by atoms with Gasteiger partial charge in [-0.25, -0.2) is 0 Å². The number of para-hydroxylation sites is 1. The number of hydrogen-bond donors (Lipinski definition) is 0. The van der Waals surface area contributed by atoms with Gasteiger partial charge in [0.25, 0.3) is 5.22 Å². The minimum atomic E-state index is 0.420. The lowest BCUT2D eigenvalue weighted by molar-refractivity contribution is 0.343. The van der Waals surface area contributed by atoms with Gasteiger partial charge in [0.1, 0.15) is 17.2 Å². The number of hydrogen-bond acceptors (Lipinski definition) is 7. The minimum Gasteiger partial charge on any atom is -0.497 e. The Bertz CT molecular complexity index is 786. The third kappa shape index (κ3) is 4.67. The molecule has 130 valence electrons. The first-order valence-corrected chi connectivity index (χ1v) is 8.64. The molecule has 7 heteroatoms. The van der Waals surface area contributed by atoms with Crippen molar-refractivity contribution in [2.24, 2.45) is 0 Å². The normalized spacial score (nSPS) is 10.5. The zero-order chi connectivity index (χ0) is 17.5. The van der Waals surface area contributed by atoms with Crippen LogP contribution in [0.3, 0.4) is 0 Å². The number of aromatic nitrogens is 2. The van der Waals surface area contributed by atoms with Gasteiger partial charge in [0.15, 0.2) is 0 Å². The average Bonchev–Trinajstić information content (AvgIpc) is 3.14. The van der Waals surface area contributed by atoms with Gasteiger partial charge in [-0.2, -0.15) is 0 Å². The highest BCUT2D eigenvalue weighted by Crippen LogP contribution is 2.30. The third-order valence-electron chi connectivity index (χ3n) is 3.33. The van der Waals surface area contributed by atoms with E-state index < -0.39 is 0 Å². The predicted molar refractivity (Wildman–Crippen MR) is 95.5 cm³/mol. The maximum absolute atomic E-state index is 5.70. The molecule has 0 N–H and O–H groups in total. The SMILES string of the molecule is COc1cc(OC)cc(-c2nnc(SCCOc3ccccc3)o2)c1. The van der Waals surface area contributed by atoms with E-state index in [1.54, 1.807) is 20.3 Å². The maximum atomic E-state index is 5.70. The molecule has 0 fully saturated rings. The van der Waals surface area contributed by atoms with Crippen molar-refractivity contribution in [1.82, 2.24) is 10.2 Å². The molecule has 3 rings (SSSR count). The van der Waals surface area contributed by atoms with Crippen LogP contribution in [0.5, 0.6) is 17.2 Å². The molecule has 3 aromatic rings. The molecule has 0 aliphatic heterocycles. The molecule has 0 aliphatic rings. The maximum Gasteiger partial charge on any atom is 0.276 e. The molecule has 0 unspecified atom stereocenters. The van der Waals surface area contributed by atoms with Crippen LogP contribution in [0.15, 0.2) is 58.2 Å². The van der Waals surface area contributed by atoms with E-state index in [2.05, 4.69) is 10.2 Å². The van der Waals surface area contributed by atoms with Gasteiger partial charge >= 0.3 is 0 Å². The minimum absolute atomic E-state index is 0.420. The highest BCUT2D eigenvalue weighted by molar-refractivity contribution is 7.99. The van der Waals surface area contributed by atoms with Gasteiger partial charge in [-0.3, -0.25) is 0 Å². The molecular weight excluding hydrogens is 340 g/mol. The van der Waals surface area contributed by atoms with Crippen LogP contribution in [-0.2, 0) is 0 Å². The highest BCUT2D eigenvalue weighted by Gasteiger charge is 2.12. The Balaban J connectivity index is 1.59. The second-order valence-electron chi connectivity index (χ2n) is 4.98. The van der Waals surface area contributed by atoms with Crippen LogP contribution in [0.4, 0.5) is 0 Å². The molecule has 0 bridgehead atoms. The van der Waals surface area contributed by atoms with Crippen LogP contribution in [0.25, 0.3) is 11.5 Å². The van der Waals surface area contributed by atoms with E-state index in [0.29, 0.717) is 35.0 Å². The molecule has 0 amide bonds. The van der Waals surface area contributed by atoms with Gasteiger partial charge in [-0.05, 0) is 24.3 Å². The van der Waals surface area contributed by atoms with Crippen LogP contribution in [0.1, 0.15) is 0 Å². The van der Waals surface area contributed by atoms with Crippen LogP contribution in [0, 0.1) is 0 Å². The summed E-state index contributed by atoms with van der Waals surface area (Å²) in [5.41, 5.74) is 0.746. The number of methoxy groups -OCH3 is 2. The first-order valence-electron chi connectivity index (χ1n) is 7.66. The second kappa shape index (κ2) is 8.43. The van der Waals surface area contributed by atoms with Crippen LogP contribution in [0.2, 0.25) is 0 Å². The predicted octanol–water partition coefficient (Wildman–Crippen LogP) is 3.92. The average molecular weight is 358 g/mol. The van der Waals surface area contributed by atoms with Crippen molar-refractivity contribution in [3.05, 3.63) is 48.5 Å². The summed E-state index contributed by atoms with van der Waals surface area (Å²) in [5.74, 6) is 3.30. The van der Waals surface area contributed by atoms with Crippen LogP contribution < -0.4 is 14.2 Å². The van der Waals surface area contributed by atoms with E-state index in [0.717, 1.165) is 11.3 Å². The Kier molecular flexibility index (Phi) is 5.79. The molecule has 0 aliphatic carbocycles. The Morgan fingerprint density at radius 3 is 2.32 bits per heavy atom. The zero-order valence-electron chi connectivity index (χ0n) is 14.0. The first kappa shape index (κ1) is 17.2. The fourth-order valence-electron chi connectivity index (χ4n) is 2.12. The fraction of sp³-hybridized carbons (Fsp3) is 0.222. The van der Waals surface area contributed by atoms with E-state index in [1.165, 1.54) is 11.8 Å². The third-order valence-corrected chi connectivity index (χ3v) is 4.11. The quantitative estimate of drug-likeness (QED) is 0.446. The molecule has 25 heavy (non-hydrogen) atoms. The van der Waals surface area contributed by atoms with E-state index >= 15 is 0 Å². The largest absolute Gasteiger partial charge is 0.497 e. The zero-order valence-corrected chi connectivity index (χ0v) is 14.8. The molecule has 6 nitrogen and oxygen atoms in total. The molecule has 0 saturated carbocycles. The summed E-state index contributed by atoms with van der Waals surface area (Å²) in [4.78, 5) is 0. The monoisotopic (exact) mass is 358 g/mol. The highest BCUT2D eigenvalue weighted by atomic mass is 32.2. The summed E-state index contributed by atoms with van der Waals surface area (Å²) in [6, 6.07) is 15.1. The molecule has 2 aromatic carbocycles. The van der Waals surface area contributed by atoms with Gasteiger partial charge in [-0.15, -0.1) is 10.2 Å². The van der Waals surface area contributed by atoms with Crippen molar-refractivity contribution in [3.63, 3.8) is 0 Å². The Hall–Kier alpha value is -2.67. The van der Waals surface area contributed by atoms with E-state index in [4.69, 9.17) is 18.6 Å². The number of ether oxygens (including phenoxy) is 3. The summed E-state index contributed by atoms with van der Waals surface area (Å²) in [6.07, 6.45) is 0. The van der Waals surface area contributed by atoms with Crippen molar-refractivity contribution in [2.45, 2.75) is 5.22 Å². The molecule has 0 radical (unpaired) electrons. The molecule has 0 atom stereocenters. The summed E-state index contributed by atoms with van der Waals surface area (Å²) in [7, 11) is 3.20. The fourth-order valence-corrected chi connectivity index (χ4v) is 2.70. The van der Waals surface area contributed by atoms with Crippen molar-refractivity contribution in [3.8, 4) is 28.7 Å². The molecular formula is C18H18N2O4S. The van der Waals surface area contributed by atoms with Crippen LogP contribution >= 0.6 is 11.8 Å². The topological polar surface area (TPSA) is 66.6 Å². The van der Waals surface area contributed by atoms with Crippen molar-refractivity contribution in [2.75, 3.05) is 26.6 Å². The molecule has 0 saturated heterocycles. The molecule has 1 aromatic heterocycles. The van der Waals surface area contributed by atoms with Gasteiger partial charge in [0.05, 0.1) is 20.8 Å². The van der Waals surface area contributed by atoms with E-state index in [9.17, 15) is 0 Å². The van der Waals surface area contributed by atoms with E-state index in [1.807, 2.05) is 42.5 Å². The lowest BCUT2D eigenvalue weighted by atomic mass is 10.2. The smallest absolute Gasteiger partial charge is 0.276 e. The second-order valence-corrected chi connectivity index (χ2v) is 6.03. The van der Waals surface area contributed by atoms with Gasteiger partial charge in [0, 0.05) is 17.4 Å². The van der Waals surface area contributed by atoms with Crippen molar-refractivity contribution < 1.29 is 18.6 Å². The lowest BCUT2D eigenvalue weighted by Crippen LogP contribution is -1.99. The number of nitrogens with zero attached hydrogens (tertiary/aromatic N) is 2. The first-order chi connectivity index (χ1) is 12.3. The van der Waals surface area contributed by atoms with E-state index in [-0.39, 0.29) is 0 Å². The Morgan fingerprint density at radius 2 is 1.64 bits per heavy atom. The Morgan fingerprint density at radius 1 is 0.920 bits per heavy atom. The number of benzene rings is 2. The summed E-state index contributed by atoms with van der Waals surface area (Å²) in [6.45, 7) is 0.555.